The zero-order valence-electron chi connectivity index (χ0n) is 12.3. The van der Waals surface area contributed by atoms with Crippen LogP contribution in [0.1, 0.15) is 38.2 Å². The highest BCUT2D eigenvalue weighted by Crippen LogP contribution is 2.37. The minimum absolute atomic E-state index is 0.171. The van der Waals surface area contributed by atoms with Crippen molar-refractivity contribution < 1.29 is 15.0 Å². The third-order valence-corrected chi connectivity index (χ3v) is 4.67. The van der Waals surface area contributed by atoms with E-state index in [0.717, 1.165) is 25.8 Å². The molecular weight excluding hydrogens is 290 g/mol. The molecule has 0 radical (unpaired) electrons. The van der Waals surface area contributed by atoms with Gasteiger partial charge in [-0.25, -0.2) is 0 Å². The highest BCUT2D eigenvalue weighted by molar-refractivity contribution is 6.31. The number of rotatable bonds is 5. The number of carboxylic acids is 1. The van der Waals surface area contributed by atoms with Crippen LogP contribution in [0.2, 0.25) is 5.02 Å². The average Bonchev–Trinajstić information content (AvgIpc) is 2.44. The van der Waals surface area contributed by atoms with Gasteiger partial charge in [-0.05, 0) is 37.9 Å². The van der Waals surface area contributed by atoms with Crippen LogP contribution in [0.15, 0.2) is 18.2 Å². The van der Waals surface area contributed by atoms with Crippen molar-refractivity contribution in [2.45, 2.75) is 39.2 Å². The predicted molar refractivity (Wildman–Crippen MR) is 82.6 cm³/mol. The second-order valence-corrected chi connectivity index (χ2v) is 6.29. The molecule has 1 aromatic rings. The molecule has 1 atom stereocenters. The van der Waals surface area contributed by atoms with E-state index in [9.17, 15) is 15.0 Å². The van der Waals surface area contributed by atoms with Gasteiger partial charge in [0.1, 0.15) is 5.75 Å². The Labute approximate surface area is 130 Å². The van der Waals surface area contributed by atoms with Gasteiger partial charge in [0.15, 0.2) is 0 Å². The highest BCUT2D eigenvalue weighted by atomic mass is 35.5. The molecule has 1 aliphatic heterocycles. The van der Waals surface area contributed by atoms with Gasteiger partial charge in [-0.1, -0.05) is 31.0 Å². The number of halogens is 1. The summed E-state index contributed by atoms with van der Waals surface area (Å²) in [5, 5.41) is 20.1. The topological polar surface area (TPSA) is 60.8 Å². The molecule has 0 bridgehead atoms. The molecule has 116 valence electrons. The highest BCUT2D eigenvalue weighted by Gasteiger charge is 2.41. The first-order valence-electron chi connectivity index (χ1n) is 7.40. The number of nitrogens with zero attached hydrogens (tertiary/aromatic N) is 1. The largest absolute Gasteiger partial charge is 0.508 e. The number of hydrogen-bond donors (Lipinski definition) is 2. The van der Waals surface area contributed by atoms with E-state index in [0.29, 0.717) is 30.1 Å². The fraction of sp³-hybridized carbons (Fsp3) is 0.562. The Morgan fingerprint density at radius 1 is 1.48 bits per heavy atom. The number of hydrogen-bond acceptors (Lipinski definition) is 3. The lowest BCUT2D eigenvalue weighted by molar-refractivity contribution is -0.153. The molecule has 1 heterocycles. The maximum Gasteiger partial charge on any atom is 0.310 e. The number of benzene rings is 1. The Morgan fingerprint density at radius 3 is 2.86 bits per heavy atom. The van der Waals surface area contributed by atoms with Crippen molar-refractivity contribution in [2.24, 2.45) is 5.41 Å². The molecule has 0 amide bonds. The molecule has 1 aliphatic rings. The number of phenolic OH excluding ortho intramolecular Hbond substituents is 1. The van der Waals surface area contributed by atoms with Gasteiger partial charge in [0.2, 0.25) is 0 Å². The van der Waals surface area contributed by atoms with Crippen LogP contribution in [0.4, 0.5) is 0 Å². The van der Waals surface area contributed by atoms with E-state index < -0.39 is 11.4 Å². The van der Waals surface area contributed by atoms with Crippen molar-refractivity contribution in [1.82, 2.24) is 4.90 Å². The molecule has 1 aromatic carbocycles. The SMILES string of the molecule is CCCC1(C(=O)O)CCCN(Cc2c(O)cccc2Cl)C1. The molecule has 21 heavy (non-hydrogen) atoms. The van der Waals surface area contributed by atoms with Gasteiger partial charge >= 0.3 is 5.97 Å². The molecule has 1 saturated heterocycles. The molecule has 1 fully saturated rings. The Morgan fingerprint density at radius 2 is 2.24 bits per heavy atom. The number of carboxylic acid groups (broad SMARTS) is 1. The average molecular weight is 312 g/mol. The van der Waals surface area contributed by atoms with Crippen LogP contribution in [0, 0.1) is 5.41 Å². The van der Waals surface area contributed by atoms with Crippen molar-refractivity contribution in [3.63, 3.8) is 0 Å². The van der Waals surface area contributed by atoms with Crippen molar-refractivity contribution >= 4 is 17.6 Å². The zero-order valence-corrected chi connectivity index (χ0v) is 13.1. The van der Waals surface area contributed by atoms with Crippen LogP contribution in [0.3, 0.4) is 0 Å². The molecule has 0 aromatic heterocycles. The van der Waals surface area contributed by atoms with Gasteiger partial charge in [-0.15, -0.1) is 0 Å². The Hall–Kier alpha value is -1.26. The summed E-state index contributed by atoms with van der Waals surface area (Å²) in [6.07, 6.45) is 3.13. The van der Waals surface area contributed by atoms with Gasteiger partial charge in [0, 0.05) is 23.7 Å². The van der Waals surface area contributed by atoms with Crippen LogP contribution < -0.4 is 0 Å². The van der Waals surface area contributed by atoms with Crippen molar-refractivity contribution in [3.8, 4) is 5.75 Å². The van der Waals surface area contributed by atoms with Gasteiger partial charge in [-0.3, -0.25) is 9.69 Å². The Balaban J connectivity index is 2.16. The van der Waals surface area contributed by atoms with Crippen molar-refractivity contribution in [3.05, 3.63) is 28.8 Å². The first-order chi connectivity index (χ1) is 9.98. The van der Waals surface area contributed by atoms with Gasteiger partial charge in [0.25, 0.3) is 0 Å². The van der Waals surface area contributed by atoms with E-state index >= 15 is 0 Å². The quantitative estimate of drug-likeness (QED) is 0.873. The first kappa shape index (κ1) is 16.1. The standard InChI is InChI=1S/C16H22ClNO3/c1-2-7-16(15(20)21)8-4-9-18(11-16)10-12-13(17)5-3-6-14(12)19/h3,5-6,19H,2,4,7-11H2,1H3,(H,20,21). The normalized spacial score (nSPS) is 23.1. The third kappa shape index (κ3) is 3.50. The summed E-state index contributed by atoms with van der Waals surface area (Å²) >= 11 is 6.14. The smallest absolute Gasteiger partial charge is 0.310 e. The summed E-state index contributed by atoms with van der Waals surface area (Å²) in [6.45, 7) is 3.86. The zero-order chi connectivity index (χ0) is 15.5. The minimum atomic E-state index is -0.711. The van der Waals surface area contributed by atoms with Crippen molar-refractivity contribution in [1.29, 1.82) is 0 Å². The van der Waals surface area contributed by atoms with Gasteiger partial charge in [-0.2, -0.15) is 0 Å². The monoisotopic (exact) mass is 311 g/mol. The Kier molecular flexibility index (Phi) is 5.12. The molecule has 2 N–H and O–H groups in total. The number of phenols is 1. The molecule has 5 heteroatoms. The number of likely N-dealkylation sites (tertiary alicyclic amines) is 1. The predicted octanol–water partition coefficient (Wildman–Crippen LogP) is 3.51. The van der Waals surface area contributed by atoms with Gasteiger partial charge in [0.05, 0.1) is 5.41 Å². The minimum Gasteiger partial charge on any atom is -0.508 e. The number of aliphatic carboxylic acids is 1. The lowest BCUT2D eigenvalue weighted by Crippen LogP contribution is -2.47. The van der Waals surface area contributed by atoms with E-state index in [2.05, 4.69) is 4.90 Å². The molecule has 1 unspecified atom stereocenters. The molecule has 2 rings (SSSR count). The van der Waals surface area contributed by atoms with Crippen molar-refractivity contribution in [2.75, 3.05) is 13.1 Å². The van der Waals surface area contributed by atoms with Crippen LogP contribution in [0.25, 0.3) is 0 Å². The summed E-state index contributed by atoms with van der Waals surface area (Å²) in [7, 11) is 0. The lowest BCUT2D eigenvalue weighted by Gasteiger charge is -2.40. The number of aromatic hydroxyl groups is 1. The molecule has 0 saturated carbocycles. The van der Waals surface area contributed by atoms with Crippen LogP contribution >= 0.6 is 11.6 Å². The summed E-state index contributed by atoms with van der Waals surface area (Å²) in [4.78, 5) is 13.8. The van der Waals surface area contributed by atoms with E-state index in [1.807, 2.05) is 6.92 Å². The molecule has 0 spiro atoms. The fourth-order valence-electron chi connectivity index (χ4n) is 3.25. The maximum atomic E-state index is 11.7. The lowest BCUT2D eigenvalue weighted by atomic mass is 9.76. The van der Waals surface area contributed by atoms with E-state index in [1.165, 1.54) is 0 Å². The van der Waals surface area contributed by atoms with Crippen LogP contribution in [-0.4, -0.2) is 34.2 Å². The van der Waals surface area contributed by atoms with Crippen LogP contribution in [0.5, 0.6) is 5.75 Å². The summed E-state index contributed by atoms with van der Waals surface area (Å²) in [5.74, 6) is -0.540. The summed E-state index contributed by atoms with van der Waals surface area (Å²) in [5.41, 5.74) is 0.0148. The third-order valence-electron chi connectivity index (χ3n) is 4.31. The van der Waals surface area contributed by atoms with E-state index in [-0.39, 0.29) is 5.75 Å². The second-order valence-electron chi connectivity index (χ2n) is 5.89. The second kappa shape index (κ2) is 6.67. The maximum absolute atomic E-state index is 11.7. The van der Waals surface area contributed by atoms with Crippen LogP contribution in [-0.2, 0) is 11.3 Å². The number of carbonyl (C=O) groups is 1. The van der Waals surface area contributed by atoms with Gasteiger partial charge < -0.3 is 10.2 Å². The first-order valence-corrected chi connectivity index (χ1v) is 7.78. The fourth-order valence-corrected chi connectivity index (χ4v) is 3.48. The molecule has 4 nitrogen and oxygen atoms in total. The Bertz CT molecular complexity index is 496. The summed E-state index contributed by atoms with van der Waals surface area (Å²) < 4.78 is 0. The van der Waals surface area contributed by atoms with E-state index in [4.69, 9.17) is 11.6 Å². The van der Waals surface area contributed by atoms with E-state index in [1.54, 1.807) is 18.2 Å². The number of piperidine rings is 1. The molecular formula is C16H22ClNO3. The summed E-state index contributed by atoms with van der Waals surface area (Å²) in [6, 6.07) is 5.06. The molecule has 0 aliphatic carbocycles.